The predicted octanol–water partition coefficient (Wildman–Crippen LogP) is 4.88. The maximum Gasteiger partial charge on any atom is 0.264 e. The van der Waals surface area contributed by atoms with E-state index in [1.54, 1.807) is 73.7 Å². The van der Waals surface area contributed by atoms with Crippen molar-refractivity contribution in [1.29, 1.82) is 0 Å². The zero-order valence-electron chi connectivity index (χ0n) is 22.3. The van der Waals surface area contributed by atoms with Crippen molar-refractivity contribution >= 4 is 39.1 Å². The fourth-order valence-corrected chi connectivity index (χ4v) is 5.54. The summed E-state index contributed by atoms with van der Waals surface area (Å²) < 4.78 is 34.1. The van der Waals surface area contributed by atoms with Crippen LogP contribution >= 0.6 is 11.6 Å². The van der Waals surface area contributed by atoms with Crippen LogP contribution in [-0.2, 0) is 26.2 Å². The fourth-order valence-electron chi connectivity index (χ4n) is 3.91. The molecule has 1 atom stereocenters. The van der Waals surface area contributed by atoms with Gasteiger partial charge in [-0.1, -0.05) is 54.9 Å². The molecular weight excluding hydrogens is 538 g/mol. The third-order valence-electron chi connectivity index (χ3n) is 6.06. The van der Waals surface area contributed by atoms with Crippen LogP contribution in [0.1, 0.15) is 32.8 Å². The van der Waals surface area contributed by atoms with E-state index in [1.165, 1.54) is 17.0 Å². The van der Waals surface area contributed by atoms with Crippen molar-refractivity contribution < 1.29 is 22.7 Å². The first-order chi connectivity index (χ1) is 18.7. The van der Waals surface area contributed by atoms with Crippen LogP contribution in [-0.4, -0.2) is 50.9 Å². The fraction of sp³-hybridized carbons (Fsp3) is 0.310. The molecule has 3 aromatic carbocycles. The first-order valence-electron chi connectivity index (χ1n) is 12.8. The number of anilines is 1. The minimum absolute atomic E-state index is 0.0295. The molecule has 3 aromatic rings. The second-order valence-electron chi connectivity index (χ2n) is 8.83. The smallest absolute Gasteiger partial charge is 0.264 e. The maximum atomic E-state index is 13.9. The Morgan fingerprint density at radius 1 is 0.949 bits per heavy atom. The number of amides is 2. The Bertz CT molecular complexity index is 1350. The molecule has 0 aromatic heterocycles. The zero-order chi connectivity index (χ0) is 28.4. The molecule has 208 valence electrons. The topological polar surface area (TPSA) is 96.0 Å². The van der Waals surface area contributed by atoms with Gasteiger partial charge in [-0.2, -0.15) is 0 Å². The summed E-state index contributed by atoms with van der Waals surface area (Å²) in [5.74, 6) is -0.315. The van der Waals surface area contributed by atoms with E-state index in [1.807, 2.05) is 13.8 Å². The lowest BCUT2D eigenvalue weighted by Crippen LogP contribution is -2.51. The van der Waals surface area contributed by atoms with Crippen molar-refractivity contribution in [3.05, 3.63) is 89.4 Å². The molecule has 0 aliphatic heterocycles. The summed E-state index contributed by atoms with van der Waals surface area (Å²) >= 11 is 6.38. The molecule has 0 aliphatic carbocycles. The molecular formula is C29H34ClN3O5S. The molecule has 0 heterocycles. The lowest BCUT2D eigenvalue weighted by molar-refractivity contribution is -0.139. The highest BCUT2D eigenvalue weighted by atomic mass is 35.5. The molecule has 10 heteroatoms. The number of ether oxygens (including phenoxy) is 1. The van der Waals surface area contributed by atoms with E-state index in [4.69, 9.17) is 16.3 Å². The van der Waals surface area contributed by atoms with Gasteiger partial charge in [-0.15, -0.1) is 0 Å². The molecule has 0 aliphatic rings. The maximum absolute atomic E-state index is 13.9. The molecule has 1 N–H and O–H groups in total. The van der Waals surface area contributed by atoms with Gasteiger partial charge in [0, 0.05) is 18.1 Å². The van der Waals surface area contributed by atoms with Crippen molar-refractivity contribution in [3.63, 3.8) is 0 Å². The first-order valence-corrected chi connectivity index (χ1v) is 14.6. The second-order valence-corrected chi connectivity index (χ2v) is 11.1. The Hall–Kier alpha value is -3.56. The summed E-state index contributed by atoms with van der Waals surface area (Å²) in [5, 5.41) is 3.26. The van der Waals surface area contributed by atoms with Gasteiger partial charge in [0.15, 0.2) is 0 Å². The average Bonchev–Trinajstić information content (AvgIpc) is 2.94. The molecule has 3 rings (SSSR count). The molecule has 2 amide bonds. The quantitative estimate of drug-likeness (QED) is 0.315. The third-order valence-corrected chi connectivity index (χ3v) is 8.22. The molecule has 0 radical (unpaired) electrons. The molecule has 8 nitrogen and oxygen atoms in total. The van der Waals surface area contributed by atoms with Gasteiger partial charge in [0.2, 0.25) is 11.8 Å². The van der Waals surface area contributed by atoms with Gasteiger partial charge in [-0.25, -0.2) is 8.42 Å². The number of carbonyl (C=O) groups is 2. The van der Waals surface area contributed by atoms with Crippen molar-refractivity contribution in [2.45, 2.75) is 44.7 Å². The monoisotopic (exact) mass is 571 g/mol. The van der Waals surface area contributed by atoms with E-state index in [0.29, 0.717) is 29.5 Å². The lowest BCUT2D eigenvalue weighted by Gasteiger charge is -2.32. The number of hydrogen-bond donors (Lipinski definition) is 1. The number of rotatable bonds is 13. The largest absolute Gasteiger partial charge is 0.494 e. The summed E-state index contributed by atoms with van der Waals surface area (Å²) in [6, 6.07) is 20.6. The van der Waals surface area contributed by atoms with Crippen LogP contribution in [0, 0.1) is 0 Å². The molecule has 0 saturated carbocycles. The highest BCUT2D eigenvalue weighted by Gasteiger charge is 2.32. The Morgan fingerprint density at radius 3 is 2.21 bits per heavy atom. The SMILES string of the molecule is CCCNC(=O)C(C)N(Cc1ccccc1Cl)C(=O)CN(c1ccc(OCC)cc1)S(=O)(=O)c1ccccc1. The van der Waals surface area contributed by atoms with Crippen molar-refractivity contribution in [2.24, 2.45) is 0 Å². The second kappa shape index (κ2) is 14.0. The summed E-state index contributed by atoms with van der Waals surface area (Å²) in [6.45, 7) is 5.82. The van der Waals surface area contributed by atoms with E-state index < -0.39 is 28.5 Å². The Balaban J connectivity index is 2.01. The predicted molar refractivity (Wildman–Crippen MR) is 153 cm³/mol. The highest BCUT2D eigenvalue weighted by Crippen LogP contribution is 2.27. The Morgan fingerprint density at radius 2 is 1.59 bits per heavy atom. The van der Waals surface area contributed by atoms with E-state index in [2.05, 4.69) is 5.32 Å². The molecule has 0 bridgehead atoms. The summed E-state index contributed by atoms with van der Waals surface area (Å²) in [5.41, 5.74) is 0.928. The first kappa shape index (κ1) is 30.0. The standard InChI is InChI=1S/C29H34ClN3O5S/c1-4-19-31-29(35)22(3)32(20-23-11-9-10-14-27(23)30)28(34)21-33(24-15-17-25(18-16-24)38-5-2)39(36,37)26-12-7-6-8-13-26/h6-18,22H,4-5,19-21H2,1-3H3,(H,31,35). The average molecular weight is 572 g/mol. The van der Waals surface area contributed by atoms with Gasteiger partial charge in [0.1, 0.15) is 18.3 Å². The Kier molecular flexibility index (Phi) is 10.8. The highest BCUT2D eigenvalue weighted by molar-refractivity contribution is 7.92. The number of sulfonamides is 1. The molecule has 0 fully saturated rings. The van der Waals surface area contributed by atoms with Crippen molar-refractivity contribution in [1.82, 2.24) is 10.2 Å². The number of carbonyl (C=O) groups excluding carboxylic acids is 2. The van der Waals surface area contributed by atoms with Gasteiger partial charge in [-0.05, 0) is 68.3 Å². The summed E-state index contributed by atoms with van der Waals surface area (Å²) in [6.07, 6.45) is 0.734. The van der Waals surface area contributed by atoms with E-state index in [-0.39, 0.29) is 23.0 Å². The Labute approximate surface area is 235 Å². The van der Waals surface area contributed by atoms with Gasteiger partial charge < -0.3 is 15.0 Å². The number of nitrogens with one attached hydrogen (secondary N) is 1. The van der Waals surface area contributed by atoms with Crippen LogP contribution in [0.4, 0.5) is 5.69 Å². The van der Waals surface area contributed by atoms with Crippen LogP contribution in [0.5, 0.6) is 5.75 Å². The molecule has 1 unspecified atom stereocenters. The van der Waals surface area contributed by atoms with E-state index in [9.17, 15) is 18.0 Å². The van der Waals surface area contributed by atoms with Crippen LogP contribution in [0.15, 0.2) is 83.8 Å². The van der Waals surface area contributed by atoms with Gasteiger partial charge in [0.05, 0.1) is 17.2 Å². The molecule has 39 heavy (non-hydrogen) atoms. The summed E-state index contributed by atoms with van der Waals surface area (Å²) in [4.78, 5) is 28.2. The van der Waals surface area contributed by atoms with Crippen LogP contribution in [0.25, 0.3) is 0 Å². The van der Waals surface area contributed by atoms with Crippen molar-refractivity contribution in [3.8, 4) is 5.75 Å². The van der Waals surface area contributed by atoms with Crippen LogP contribution in [0.2, 0.25) is 5.02 Å². The minimum Gasteiger partial charge on any atom is -0.494 e. The van der Waals surface area contributed by atoms with Gasteiger partial charge in [-0.3, -0.25) is 13.9 Å². The van der Waals surface area contributed by atoms with Crippen molar-refractivity contribution in [2.75, 3.05) is 24.0 Å². The van der Waals surface area contributed by atoms with E-state index in [0.717, 1.165) is 10.7 Å². The van der Waals surface area contributed by atoms with Gasteiger partial charge in [0.25, 0.3) is 10.0 Å². The lowest BCUT2D eigenvalue weighted by atomic mass is 10.1. The number of halogens is 1. The van der Waals surface area contributed by atoms with Crippen LogP contribution < -0.4 is 14.4 Å². The minimum atomic E-state index is -4.13. The molecule has 0 spiro atoms. The van der Waals surface area contributed by atoms with Crippen LogP contribution in [0.3, 0.4) is 0 Å². The third kappa shape index (κ3) is 7.74. The normalized spacial score (nSPS) is 11.9. The number of nitrogens with zero attached hydrogens (tertiary/aromatic N) is 2. The number of benzene rings is 3. The van der Waals surface area contributed by atoms with Gasteiger partial charge >= 0.3 is 0 Å². The van der Waals surface area contributed by atoms with E-state index >= 15 is 0 Å². The molecule has 0 saturated heterocycles. The number of hydrogen-bond acceptors (Lipinski definition) is 5. The zero-order valence-corrected chi connectivity index (χ0v) is 23.9. The summed E-state index contributed by atoms with van der Waals surface area (Å²) in [7, 11) is -4.13.